The maximum absolute atomic E-state index is 9.89. The molecule has 1 rings (SSSR count). The summed E-state index contributed by atoms with van der Waals surface area (Å²) in [5.74, 6) is 0. The van der Waals surface area contributed by atoms with Gasteiger partial charge in [0.2, 0.25) is 0 Å². The number of aliphatic hydroxyl groups is 3. The molecule has 0 aromatic heterocycles. The van der Waals surface area contributed by atoms with E-state index in [9.17, 15) is 5.11 Å². The zero-order valence-corrected chi connectivity index (χ0v) is 37.4. The Morgan fingerprint density at radius 1 is 0.604 bits per heavy atom. The van der Waals surface area contributed by atoms with E-state index in [0.29, 0.717) is 45.7 Å². The molecule has 0 aromatic carbocycles. The van der Waals surface area contributed by atoms with Crippen molar-refractivity contribution in [3.05, 3.63) is 0 Å². The lowest BCUT2D eigenvalue weighted by molar-refractivity contribution is 0.0293. The van der Waals surface area contributed by atoms with Crippen LogP contribution in [0.5, 0.6) is 0 Å². The Kier molecular flexibility index (Phi) is 31.7. The molecule has 2 atom stereocenters. The van der Waals surface area contributed by atoms with Crippen LogP contribution in [-0.2, 0) is 23.7 Å². The Hall–Kier alpha value is 0.508. The van der Waals surface area contributed by atoms with E-state index < -0.39 is 32.3 Å². The van der Waals surface area contributed by atoms with Gasteiger partial charge in [-0.1, -0.05) is 102 Å². The fourth-order valence-electron chi connectivity index (χ4n) is 4.66. The smallest absolute Gasteiger partial charge is 0.104 e. The van der Waals surface area contributed by atoms with Gasteiger partial charge in [-0.15, -0.1) is 0 Å². The molecule has 0 aliphatic carbocycles. The molecule has 0 saturated carbocycles. The first-order valence-electron chi connectivity index (χ1n) is 18.9. The van der Waals surface area contributed by atoms with Gasteiger partial charge in [-0.3, -0.25) is 0 Å². The molecule has 292 valence electrons. The van der Waals surface area contributed by atoms with Crippen molar-refractivity contribution in [1.29, 1.82) is 0 Å². The van der Waals surface area contributed by atoms with Gasteiger partial charge in [-0.25, -0.2) is 0 Å². The van der Waals surface area contributed by atoms with Crippen LogP contribution in [0, 0.1) is 0 Å². The van der Waals surface area contributed by atoms with E-state index in [1.54, 1.807) is 0 Å². The Balaban J connectivity index is 0. The van der Waals surface area contributed by atoms with Gasteiger partial charge >= 0.3 is 0 Å². The van der Waals surface area contributed by atoms with E-state index in [2.05, 4.69) is 65.5 Å². The Morgan fingerprint density at radius 2 is 1.06 bits per heavy atom. The number of rotatable bonds is 29. The molecule has 1 heterocycles. The summed E-state index contributed by atoms with van der Waals surface area (Å²) in [6, 6.07) is 8.66. The Bertz CT molecular complexity index is 701. The number of aliphatic hydroxyl groups excluding tert-OH is 3. The first kappa shape index (κ1) is 50.6. The van der Waals surface area contributed by atoms with Crippen molar-refractivity contribution in [2.75, 3.05) is 79.2 Å². The summed E-state index contributed by atoms with van der Waals surface area (Å²) in [5, 5.41) is 26.6. The minimum absolute atomic E-state index is 0.0776. The third kappa shape index (κ3) is 42.7. The van der Waals surface area contributed by atoms with E-state index >= 15 is 0 Å². The minimum atomic E-state index is -1.07. The number of ether oxygens (including phenoxy) is 5. The summed E-state index contributed by atoms with van der Waals surface area (Å²) in [7, 11) is -3.77. The van der Waals surface area contributed by atoms with E-state index in [1.165, 1.54) is 42.7 Å². The molecule has 5 N–H and O–H groups in total. The summed E-state index contributed by atoms with van der Waals surface area (Å²) in [6.07, 6.45) is 5.07. The van der Waals surface area contributed by atoms with Crippen LogP contribution in [0.15, 0.2) is 0 Å². The maximum Gasteiger partial charge on any atom is 0.104 e. The summed E-state index contributed by atoms with van der Waals surface area (Å²) in [5.41, 5.74) is 5.06. The first-order chi connectivity index (χ1) is 22.4. The van der Waals surface area contributed by atoms with E-state index in [-0.39, 0.29) is 19.3 Å². The highest BCUT2D eigenvalue weighted by Crippen LogP contribution is 2.25. The van der Waals surface area contributed by atoms with E-state index in [0.717, 1.165) is 52.1 Å². The van der Waals surface area contributed by atoms with Crippen LogP contribution in [0.4, 0.5) is 0 Å². The van der Waals surface area contributed by atoms with Gasteiger partial charge < -0.3 is 44.7 Å². The molecule has 13 heteroatoms. The molecule has 1 fully saturated rings. The minimum Gasteiger partial charge on any atom is -0.394 e. The monoisotopic (exact) mass is 758 g/mol. The summed E-state index contributed by atoms with van der Waals surface area (Å²) in [4.78, 5) is 0. The molecule has 48 heavy (non-hydrogen) atoms. The molecule has 9 nitrogen and oxygen atoms in total. The predicted octanol–water partition coefficient (Wildman–Crippen LogP) is 6.77. The van der Waals surface area contributed by atoms with Gasteiger partial charge in [0.25, 0.3) is 0 Å². The summed E-state index contributed by atoms with van der Waals surface area (Å²) >= 11 is 0. The van der Waals surface area contributed by atoms with Crippen LogP contribution >= 0.6 is 0 Å². The highest BCUT2D eigenvalue weighted by atomic mass is 28.3. The second-order valence-corrected chi connectivity index (χ2v) is 39.3. The van der Waals surface area contributed by atoms with Crippen LogP contribution in [0.2, 0.25) is 102 Å². The lowest BCUT2D eigenvalue weighted by Crippen LogP contribution is -2.30. The standard InChI is InChI=1S/C18H42O4Si2.C13H30O2Si2.C4H11NO2/c1-23(2,3)15-16-24(4,5)14-8-12-22-17-18(20)9-6-7-11-21-13-10-19;1-16(2,3)9-10-17(4,5)8-6-7-14-11-13-12-15-13;5-1-3-7-4-2-6/h18-20H,6-17H2,1-5H3;13H,6-12H2,1-5H3;6H,1-5H2. The molecule has 0 amide bonds. The SMILES string of the molecule is C[Si](C)(C)CC[Si](C)(C)CCCOCC(O)CCCCOCCO.C[Si](C)(C)CC[Si](C)(C)CCCOCC1CO1.NCCOCCO. The molecule has 0 radical (unpaired) electrons. The van der Waals surface area contributed by atoms with Crippen molar-refractivity contribution in [1.82, 2.24) is 0 Å². The van der Waals surface area contributed by atoms with Crippen molar-refractivity contribution in [3.8, 4) is 0 Å². The van der Waals surface area contributed by atoms with Gasteiger partial charge in [-0.05, 0) is 32.1 Å². The van der Waals surface area contributed by atoms with Gasteiger partial charge in [0.1, 0.15) is 6.10 Å². The van der Waals surface area contributed by atoms with Crippen molar-refractivity contribution in [2.45, 2.75) is 146 Å². The van der Waals surface area contributed by atoms with Crippen LogP contribution in [0.3, 0.4) is 0 Å². The number of hydrogen-bond donors (Lipinski definition) is 4. The molecule has 0 bridgehead atoms. The quantitative estimate of drug-likeness (QED) is 0.0370. The zero-order chi connectivity index (χ0) is 37.0. The first-order valence-corrected chi connectivity index (χ1v) is 33.1. The second kappa shape index (κ2) is 30.0. The largest absolute Gasteiger partial charge is 0.394 e. The number of epoxide rings is 1. The molecule has 2 unspecified atom stereocenters. The second-order valence-electron chi connectivity index (χ2n) is 17.4. The maximum atomic E-state index is 9.89. The van der Waals surface area contributed by atoms with Crippen molar-refractivity contribution >= 4 is 32.3 Å². The molecule has 1 saturated heterocycles. The van der Waals surface area contributed by atoms with Crippen molar-refractivity contribution in [3.63, 3.8) is 0 Å². The van der Waals surface area contributed by atoms with E-state index in [1.807, 2.05) is 0 Å². The molecular weight excluding hydrogens is 675 g/mol. The van der Waals surface area contributed by atoms with Crippen LogP contribution in [-0.4, -0.2) is 139 Å². The van der Waals surface area contributed by atoms with Crippen LogP contribution in [0.1, 0.15) is 32.1 Å². The number of hydrogen-bond acceptors (Lipinski definition) is 9. The summed E-state index contributed by atoms with van der Waals surface area (Å²) < 4.78 is 26.3. The van der Waals surface area contributed by atoms with Gasteiger partial charge in [0.05, 0.1) is 59.0 Å². The van der Waals surface area contributed by atoms with Crippen molar-refractivity contribution < 1.29 is 39.0 Å². The highest BCUT2D eigenvalue weighted by molar-refractivity contribution is 6.82. The fraction of sp³-hybridized carbons (Fsp3) is 1.00. The molecular formula is C35H83NO8Si4. The zero-order valence-electron chi connectivity index (χ0n) is 33.4. The average molecular weight is 758 g/mol. The van der Waals surface area contributed by atoms with Crippen LogP contribution in [0.25, 0.3) is 0 Å². The predicted molar refractivity (Wildman–Crippen MR) is 216 cm³/mol. The molecule has 1 aliphatic rings. The Labute approximate surface area is 301 Å². The molecule has 0 aromatic rings. The van der Waals surface area contributed by atoms with Crippen molar-refractivity contribution in [2.24, 2.45) is 5.73 Å². The third-order valence-corrected chi connectivity index (χ3v) is 19.3. The topological polar surface area (TPSA) is 136 Å². The lowest BCUT2D eigenvalue weighted by atomic mass is 10.2. The van der Waals surface area contributed by atoms with E-state index in [4.69, 9.17) is 39.6 Å². The number of nitrogens with two attached hydrogens (primary N) is 1. The number of unbranched alkanes of at least 4 members (excludes halogenated alkanes) is 1. The van der Waals surface area contributed by atoms with Gasteiger partial charge in [0, 0.05) is 58.7 Å². The summed E-state index contributed by atoms with van der Waals surface area (Å²) in [6.45, 7) is 31.5. The Morgan fingerprint density at radius 3 is 1.50 bits per heavy atom. The van der Waals surface area contributed by atoms with Gasteiger partial charge in [0.15, 0.2) is 0 Å². The highest BCUT2D eigenvalue weighted by Gasteiger charge is 2.26. The van der Waals surface area contributed by atoms with Gasteiger partial charge in [-0.2, -0.15) is 0 Å². The third-order valence-electron chi connectivity index (χ3n) is 8.21. The average Bonchev–Trinajstić information content (AvgIpc) is 3.82. The normalized spacial score (nSPS) is 15.8. The lowest BCUT2D eigenvalue weighted by Gasteiger charge is -2.26. The molecule has 1 aliphatic heterocycles. The fourth-order valence-corrected chi connectivity index (χ4v) is 18.8. The van der Waals surface area contributed by atoms with Crippen LogP contribution < -0.4 is 5.73 Å². The molecule has 0 spiro atoms.